The van der Waals surface area contributed by atoms with Gasteiger partial charge < -0.3 is 5.32 Å². The summed E-state index contributed by atoms with van der Waals surface area (Å²) in [6.45, 7) is 3.73. The lowest BCUT2D eigenvalue weighted by Crippen LogP contribution is -2.17. The summed E-state index contributed by atoms with van der Waals surface area (Å²) < 4.78 is 1.44. The predicted octanol–water partition coefficient (Wildman–Crippen LogP) is 5.43. The molecule has 0 spiro atoms. The molecule has 0 fully saturated rings. The Labute approximate surface area is 156 Å². The van der Waals surface area contributed by atoms with E-state index in [2.05, 4.69) is 10.4 Å². The summed E-state index contributed by atoms with van der Waals surface area (Å²) in [6.07, 6.45) is 0.215. The monoisotopic (exact) mass is 373 g/mol. The minimum Gasteiger partial charge on any atom is -0.353 e. The summed E-state index contributed by atoms with van der Waals surface area (Å²) >= 11 is 12.5. The maximum atomic E-state index is 12.6. The van der Waals surface area contributed by atoms with E-state index in [1.54, 1.807) is 18.2 Å². The number of rotatable bonds is 4. The lowest BCUT2D eigenvalue weighted by atomic mass is 10.1. The molecule has 3 rings (SSSR count). The lowest BCUT2D eigenvalue weighted by Gasteiger charge is -2.14. The predicted molar refractivity (Wildman–Crippen MR) is 102 cm³/mol. The van der Waals surface area contributed by atoms with Gasteiger partial charge >= 0.3 is 0 Å². The molecule has 2 aromatic carbocycles. The molecule has 0 saturated carbocycles. The summed E-state index contributed by atoms with van der Waals surface area (Å²) in [7, 11) is 0. The first kappa shape index (κ1) is 17.5. The number of nitrogens with zero attached hydrogens (tertiary/aromatic N) is 2. The first-order valence-corrected chi connectivity index (χ1v) is 8.56. The van der Waals surface area contributed by atoms with Crippen LogP contribution in [0.3, 0.4) is 0 Å². The number of carbonyl (C=O) groups is 1. The average Bonchev–Trinajstić information content (AvgIpc) is 2.91. The van der Waals surface area contributed by atoms with Gasteiger partial charge in [0.15, 0.2) is 0 Å². The topological polar surface area (TPSA) is 46.9 Å². The van der Waals surface area contributed by atoms with Gasteiger partial charge in [0.2, 0.25) is 0 Å². The number of carbonyl (C=O) groups excluding carboxylic acids is 1. The van der Waals surface area contributed by atoms with Crippen LogP contribution >= 0.6 is 23.2 Å². The number of hydrogen-bond acceptors (Lipinski definition) is 3. The van der Waals surface area contributed by atoms with Crippen molar-refractivity contribution in [1.82, 2.24) is 9.78 Å². The Hall–Kier alpha value is -2.30. The quantitative estimate of drug-likeness (QED) is 0.662. The van der Waals surface area contributed by atoms with Crippen LogP contribution in [0, 0.1) is 13.8 Å². The fourth-order valence-electron chi connectivity index (χ4n) is 2.67. The minimum atomic E-state index is -0.0925. The summed E-state index contributed by atoms with van der Waals surface area (Å²) in [5, 5.41) is 8.53. The largest absolute Gasteiger partial charge is 0.353 e. The Morgan fingerprint density at radius 1 is 1.08 bits per heavy atom. The van der Waals surface area contributed by atoms with Gasteiger partial charge in [-0.25, -0.2) is 4.68 Å². The molecule has 1 aromatic heterocycles. The smallest absolute Gasteiger partial charge is 0.251 e. The van der Waals surface area contributed by atoms with Gasteiger partial charge in [-0.3, -0.25) is 4.79 Å². The van der Waals surface area contributed by atoms with E-state index in [9.17, 15) is 4.79 Å². The number of para-hydroxylation sites is 2. The van der Waals surface area contributed by atoms with Gasteiger partial charge in [-0.2, -0.15) is 5.10 Å². The van der Waals surface area contributed by atoms with Gasteiger partial charge in [0.05, 0.1) is 27.8 Å². The number of hydrogen-bond donors (Lipinski definition) is 1. The SMILES string of the molecule is Cc1cc(C)n(C(=O)Cc2ccccc2Nc2c(Cl)cccc2Cl)n1. The zero-order chi connectivity index (χ0) is 18.0. The van der Waals surface area contributed by atoms with Crippen LogP contribution in [0.4, 0.5) is 11.4 Å². The Morgan fingerprint density at radius 2 is 1.76 bits per heavy atom. The molecule has 1 N–H and O–H groups in total. The zero-order valence-electron chi connectivity index (χ0n) is 13.9. The minimum absolute atomic E-state index is 0.0925. The van der Waals surface area contributed by atoms with Gasteiger partial charge in [-0.05, 0) is 43.7 Å². The van der Waals surface area contributed by atoms with Crippen LogP contribution < -0.4 is 5.32 Å². The van der Waals surface area contributed by atoms with E-state index < -0.39 is 0 Å². The van der Waals surface area contributed by atoms with Gasteiger partial charge in [0, 0.05) is 11.4 Å². The molecular weight excluding hydrogens is 357 g/mol. The van der Waals surface area contributed by atoms with Crippen LogP contribution in [0.15, 0.2) is 48.5 Å². The maximum Gasteiger partial charge on any atom is 0.251 e. The van der Waals surface area contributed by atoms with E-state index in [4.69, 9.17) is 23.2 Å². The van der Waals surface area contributed by atoms with E-state index in [0.717, 1.165) is 22.6 Å². The first-order valence-electron chi connectivity index (χ1n) is 7.81. The van der Waals surface area contributed by atoms with E-state index >= 15 is 0 Å². The highest BCUT2D eigenvalue weighted by molar-refractivity contribution is 6.39. The molecule has 6 heteroatoms. The molecule has 0 atom stereocenters. The standard InChI is InChI=1S/C19H17Cl2N3O/c1-12-10-13(2)24(23-12)18(25)11-14-6-3-4-9-17(14)22-19-15(20)7-5-8-16(19)21/h3-10,22H,11H2,1-2H3. The number of anilines is 2. The fourth-order valence-corrected chi connectivity index (χ4v) is 3.16. The highest BCUT2D eigenvalue weighted by Crippen LogP contribution is 2.33. The van der Waals surface area contributed by atoms with Crippen molar-refractivity contribution in [1.29, 1.82) is 0 Å². The van der Waals surface area contributed by atoms with Crippen LogP contribution in [0.5, 0.6) is 0 Å². The average molecular weight is 374 g/mol. The second-order valence-corrected chi connectivity index (χ2v) is 6.60. The zero-order valence-corrected chi connectivity index (χ0v) is 15.4. The van der Waals surface area contributed by atoms with Crippen molar-refractivity contribution >= 4 is 40.5 Å². The normalized spacial score (nSPS) is 10.7. The molecule has 0 radical (unpaired) electrons. The Bertz CT molecular complexity index is 914. The maximum absolute atomic E-state index is 12.6. The van der Waals surface area contributed by atoms with Crippen molar-refractivity contribution in [2.24, 2.45) is 0 Å². The molecule has 0 saturated heterocycles. The van der Waals surface area contributed by atoms with Crippen molar-refractivity contribution in [2.45, 2.75) is 20.3 Å². The molecule has 25 heavy (non-hydrogen) atoms. The third-order valence-electron chi connectivity index (χ3n) is 3.83. The van der Waals surface area contributed by atoms with E-state index in [1.165, 1.54) is 4.68 Å². The Morgan fingerprint density at radius 3 is 2.40 bits per heavy atom. The molecule has 0 aliphatic rings. The van der Waals surface area contributed by atoms with Crippen LogP contribution in [0.2, 0.25) is 10.0 Å². The van der Waals surface area contributed by atoms with Gasteiger partial charge in [0.1, 0.15) is 0 Å². The molecule has 0 unspecified atom stereocenters. The van der Waals surface area contributed by atoms with Crippen LogP contribution in [0.1, 0.15) is 21.7 Å². The summed E-state index contributed by atoms with van der Waals surface area (Å²) in [5.41, 5.74) is 3.89. The highest BCUT2D eigenvalue weighted by atomic mass is 35.5. The first-order chi connectivity index (χ1) is 12.0. The molecular formula is C19H17Cl2N3O. The van der Waals surface area contributed by atoms with Crippen LogP contribution in [0.25, 0.3) is 0 Å². The number of aromatic nitrogens is 2. The van der Waals surface area contributed by atoms with Crippen LogP contribution in [-0.4, -0.2) is 15.7 Å². The molecule has 128 valence electrons. The molecule has 1 heterocycles. The van der Waals surface area contributed by atoms with Crippen LogP contribution in [-0.2, 0) is 6.42 Å². The number of halogens is 2. The van der Waals surface area contributed by atoms with E-state index in [-0.39, 0.29) is 12.3 Å². The van der Waals surface area contributed by atoms with Crippen molar-refractivity contribution in [3.8, 4) is 0 Å². The third-order valence-corrected chi connectivity index (χ3v) is 4.46. The Balaban J connectivity index is 1.89. The summed E-state index contributed by atoms with van der Waals surface area (Å²) in [6, 6.07) is 14.8. The van der Waals surface area contributed by atoms with Crippen molar-refractivity contribution in [3.63, 3.8) is 0 Å². The number of nitrogens with one attached hydrogen (secondary N) is 1. The molecule has 0 aliphatic carbocycles. The van der Waals surface area contributed by atoms with Crippen molar-refractivity contribution in [3.05, 3.63) is 75.5 Å². The second kappa shape index (κ2) is 7.30. The number of aryl methyl sites for hydroxylation is 2. The lowest BCUT2D eigenvalue weighted by molar-refractivity contribution is 0.0895. The molecule has 4 nitrogen and oxygen atoms in total. The molecule has 3 aromatic rings. The summed E-state index contributed by atoms with van der Waals surface area (Å²) in [4.78, 5) is 12.6. The van der Waals surface area contributed by atoms with Crippen molar-refractivity contribution in [2.75, 3.05) is 5.32 Å². The van der Waals surface area contributed by atoms with E-state index in [0.29, 0.717) is 15.7 Å². The summed E-state index contributed by atoms with van der Waals surface area (Å²) in [5.74, 6) is -0.0925. The molecule has 0 aliphatic heterocycles. The van der Waals surface area contributed by atoms with Gasteiger partial charge in [-0.15, -0.1) is 0 Å². The molecule has 0 amide bonds. The second-order valence-electron chi connectivity index (χ2n) is 5.79. The highest BCUT2D eigenvalue weighted by Gasteiger charge is 2.14. The van der Waals surface area contributed by atoms with Gasteiger partial charge in [0.25, 0.3) is 5.91 Å². The molecule has 0 bridgehead atoms. The third kappa shape index (κ3) is 3.86. The number of benzene rings is 2. The Kier molecular flexibility index (Phi) is 5.11. The van der Waals surface area contributed by atoms with E-state index in [1.807, 2.05) is 44.2 Å². The van der Waals surface area contributed by atoms with Crippen molar-refractivity contribution < 1.29 is 4.79 Å². The van der Waals surface area contributed by atoms with Gasteiger partial charge in [-0.1, -0.05) is 47.5 Å². The fraction of sp³-hybridized carbons (Fsp3) is 0.158.